The lowest BCUT2D eigenvalue weighted by Crippen LogP contribution is -2.40. The van der Waals surface area contributed by atoms with Gasteiger partial charge in [-0.3, -0.25) is 4.79 Å². The van der Waals surface area contributed by atoms with Crippen LogP contribution in [0.3, 0.4) is 0 Å². The molecule has 0 aliphatic heterocycles. The molecule has 1 amide bonds. The summed E-state index contributed by atoms with van der Waals surface area (Å²) < 4.78 is 1.88. The summed E-state index contributed by atoms with van der Waals surface area (Å²) in [6.07, 6.45) is 4.93. The normalized spacial score (nSPS) is 19.4. The van der Waals surface area contributed by atoms with Crippen LogP contribution in [0.1, 0.15) is 60.6 Å². The first-order chi connectivity index (χ1) is 12.0. The van der Waals surface area contributed by atoms with Gasteiger partial charge in [0.05, 0.1) is 23.1 Å². The number of nitrogens with one attached hydrogen (secondary N) is 1. The molecule has 2 unspecified atom stereocenters. The SMILES string of the molecule is Cc1ccc(-n2ncc(C(=O)NC3CCCC3CN)c2C(C)C)cc1.Cl. The van der Waals surface area contributed by atoms with Crippen LogP contribution in [0.2, 0.25) is 0 Å². The second-order valence-corrected chi connectivity index (χ2v) is 7.35. The number of hydrogen-bond acceptors (Lipinski definition) is 3. The average molecular weight is 377 g/mol. The van der Waals surface area contributed by atoms with Crippen molar-refractivity contribution >= 4 is 18.3 Å². The van der Waals surface area contributed by atoms with Crippen molar-refractivity contribution in [1.82, 2.24) is 15.1 Å². The Bertz CT molecular complexity index is 739. The highest BCUT2D eigenvalue weighted by Crippen LogP contribution is 2.27. The summed E-state index contributed by atoms with van der Waals surface area (Å²) in [5.41, 5.74) is 9.64. The molecule has 0 bridgehead atoms. The Labute approximate surface area is 161 Å². The molecule has 1 aliphatic rings. The topological polar surface area (TPSA) is 72.9 Å². The highest BCUT2D eigenvalue weighted by Gasteiger charge is 2.29. The maximum Gasteiger partial charge on any atom is 0.255 e. The zero-order chi connectivity index (χ0) is 18.0. The lowest BCUT2D eigenvalue weighted by Gasteiger charge is -2.20. The Hall–Kier alpha value is -1.85. The van der Waals surface area contributed by atoms with E-state index in [1.165, 1.54) is 5.56 Å². The molecule has 3 rings (SSSR count). The molecule has 3 N–H and O–H groups in total. The van der Waals surface area contributed by atoms with Crippen molar-refractivity contribution in [1.29, 1.82) is 0 Å². The van der Waals surface area contributed by atoms with Crippen LogP contribution in [0.15, 0.2) is 30.5 Å². The van der Waals surface area contributed by atoms with E-state index in [1.807, 2.05) is 16.8 Å². The van der Waals surface area contributed by atoms with Crippen molar-refractivity contribution in [2.24, 2.45) is 11.7 Å². The van der Waals surface area contributed by atoms with Crippen LogP contribution >= 0.6 is 12.4 Å². The number of amides is 1. The van der Waals surface area contributed by atoms with E-state index in [0.717, 1.165) is 30.6 Å². The highest BCUT2D eigenvalue weighted by molar-refractivity contribution is 5.95. The number of carbonyl (C=O) groups is 1. The van der Waals surface area contributed by atoms with E-state index >= 15 is 0 Å². The minimum absolute atomic E-state index is 0. The number of hydrogen-bond donors (Lipinski definition) is 2. The molecule has 142 valence electrons. The molecule has 1 aromatic carbocycles. The van der Waals surface area contributed by atoms with E-state index < -0.39 is 0 Å². The van der Waals surface area contributed by atoms with E-state index in [9.17, 15) is 4.79 Å². The van der Waals surface area contributed by atoms with Crippen molar-refractivity contribution < 1.29 is 4.79 Å². The number of halogens is 1. The van der Waals surface area contributed by atoms with E-state index in [2.05, 4.69) is 43.3 Å². The Morgan fingerprint density at radius 1 is 1.31 bits per heavy atom. The number of rotatable bonds is 5. The minimum atomic E-state index is -0.0348. The Morgan fingerprint density at radius 2 is 2.00 bits per heavy atom. The third-order valence-electron chi connectivity index (χ3n) is 5.15. The van der Waals surface area contributed by atoms with Crippen molar-refractivity contribution in [2.75, 3.05) is 6.54 Å². The van der Waals surface area contributed by atoms with Gasteiger partial charge in [-0.1, -0.05) is 38.0 Å². The molecule has 6 heteroatoms. The Kier molecular flexibility index (Phi) is 6.84. The van der Waals surface area contributed by atoms with Crippen molar-refractivity contribution in [3.63, 3.8) is 0 Å². The molecule has 1 fully saturated rings. The summed E-state index contributed by atoms with van der Waals surface area (Å²) >= 11 is 0. The molecular formula is C20H29ClN4O. The van der Waals surface area contributed by atoms with Crippen LogP contribution in [0.25, 0.3) is 5.69 Å². The summed E-state index contributed by atoms with van der Waals surface area (Å²) in [7, 11) is 0. The monoisotopic (exact) mass is 376 g/mol. The predicted octanol–water partition coefficient (Wildman–Crippen LogP) is 3.58. The minimum Gasteiger partial charge on any atom is -0.349 e. The lowest BCUT2D eigenvalue weighted by atomic mass is 10.0. The van der Waals surface area contributed by atoms with Gasteiger partial charge in [0.15, 0.2) is 0 Å². The fourth-order valence-electron chi connectivity index (χ4n) is 3.74. The number of nitrogens with two attached hydrogens (primary N) is 1. The molecule has 0 saturated heterocycles. The summed E-state index contributed by atoms with van der Waals surface area (Å²) in [6.45, 7) is 6.88. The van der Waals surface area contributed by atoms with Crippen molar-refractivity contribution in [3.05, 3.63) is 47.3 Å². The van der Waals surface area contributed by atoms with Gasteiger partial charge >= 0.3 is 0 Å². The van der Waals surface area contributed by atoms with Gasteiger partial charge in [-0.15, -0.1) is 12.4 Å². The molecule has 1 saturated carbocycles. The van der Waals surface area contributed by atoms with Gasteiger partial charge < -0.3 is 11.1 Å². The van der Waals surface area contributed by atoms with Crippen LogP contribution in [0.5, 0.6) is 0 Å². The zero-order valence-electron chi connectivity index (χ0n) is 15.7. The Balaban J connectivity index is 0.00000243. The van der Waals surface area contributed by atoms with Gasteiger partial charge in [0, 0.05) is 6.04 Å². The molecule has 26 heavy (non-hydrogen) atoms. The fourth-order valence-corrected chi connectivity index (χ4v) is 3.74. The van der Waals surface area contributed by atoms with Gasteiger partial charge in [-0.25, -0.2) is 4.68 Å². The first-order valence-corrected chi connectivity index (χ1v) is 9.17. The van der Waals surface area contributed by atoms with E-state index in [4.69, 9.17) is 5.73 Å². The molecule has 1 aliphatic carbocycles. The number of nitrogens with zero attached hydrogens (tertiary/aromatic N) is 2. The number of aryl methyl sites for hydroxylation is 1. The van der Waals surface area contributed by atoms with Gasteiger partial charge in [0.1, 0.15) is 0 Å². The van der Waals surface area contributed by atoms with Gasteiger partial charge in [0.25, 0.3) is 5.91 Å². The average Bonchev–Trinajstić information content (AvgIpc) is 3.21. The highest BCUT2D eigenvalue weighted by atomic mass is 35.5. The number of aromatic nitrogens is 2. The van der Waals surface area contributed by atoms with Gasteiger partial charge in [0.2, 0.25) is 0 Å². The molecule has 0 radical (unpaired) electrons. The largest absolute Gasteiger partial charge is 0.349 e. The number of benzene rings is 1. The maximum atomic E-state index is 12.9. The third kappa shape index (κ3) is 4.10. The summed E-state index contributed by atoms with van der Waals surface area (Å²) in [6, 6.07) is 8.38. The lowest BCUT2D eigenvalue weighted by molar-refractivity contribution is 0.0927. The molecule has 1 heterocycles. The van der Waals surface area contributed by atoms with Gasteiger partial charge in [-0.05, 0) is 50.3 Å². The molecule has 2 aromatic rings. The van der Waals surface area contributed by atoms with E-state index in [-0.39, 0.29) is 30.3 Å². The fraction of sp³-hybridized carbons (Fsp3) is 0.500. The molecule has 1 aromatic heterocycles. The zero-order valence-corrected chi connectivity index (χ0v) is 16.6. The Morgan fingerprint density at radius 3 is 2.62 bits per heavy atom. The first-order valence-electron chi connectivity index (χ1n) is 9.17. The first kappa shape index (κ1) is 20.5. The van der Waals surface area contributed by atoms with Crippen LogP contribution in [-0.2, 0) is 0 Å². The molecule has 2 atom stereocenters. The summed E-state index contributed by atoms with van der Waals surface area (Å²) in [5.74, 6) is 0.546. The predicted molar refractivity (Wildman–Crippen MR) is 107 cm³/mol. The summed E-state index contributed by atoms with van der Waals surface area (Å²) in [5, 5.41) is 7.70. The van der Waals surface area contributed by atoms with E-state index in [1.54, 1.807) is 6.20 Å². The maximum absolute atomic E-state index is 12.9. The van der Waals surface area contributed by atoms with Crippen LogP contribution < -0.4 is 11.1 Å². The second-order valence-electron chi connectivity index (χ2n) is 7.35. The summed E-state index contributed by atoms with van der Waals surface area (Å²) in [4.78, 5) is 12.9. The number of carbonyl (C=O) groups excluding carboxylic acids is 1. The molecular weight excluding hydrogens is 348 g/mol. The van der Waals surface area contributed by atoms with Crippen LogP contribution in [0.4, 0.5) is 0 Å². The second kappa shape index (κ2) is 8.69. The van der Waals surface area contributed by atoms with Crippen molar-refractivity contribution in [2.45, 2.75) is 52.0 Å². The third-order valence-corrected chi connectivity index (χ3v) is 5.15. The smallest absolute Gasteiger partial charge is 0.255 e. The van der Waals surface area contributed by atoms with Gasteiger partial charge in [-0.2, -0.15) is 5.10 Å². The van der Waals surface area contributed by atoms with E-state index in [0.29, 0.717) is 18.0 Å². The van der Waals surface area contributed by atoms with Crippen LogP contribution in [-0.4, -0.2) is 28.3 Å². The van der Waals surface area contributed by atoms with Crippen molar-refractivity contribution in [3.8, 4) is 5.69 Å². The standard InChI is InChI=1S/C20H28N4O.ClH/c1-13(2)19-17(20(25)23-18-6-4-5-15(18)11-21)12-22-24(19)16-9-7-14(3)8-10-16;/h7-10,12-13,15,18H,4-6,11,21H2,1-3H3,(H,23,25);1H. The molecule has 0 spiro atoms. The quantitative estimate of drug-likeness (QED) is 0.837. The molecule has 5 nitrogen and oxygen atoms in total. The van der Waals surface area contributed by atoms with Crippen LogP contribution in [0, 0.1) is 12.8 Å².